The van der Waals surface area contributed by atoms with Gasteiger partial charge in [-0.3, -0.25) is 0 Å². The maximum absolute atomic E-state index is 3.64. The molecule has 0 aliphatic rings. The topological polar surface area (TPSA) is 0 Å². The molecule has 0 nitrogen and oxygen atoms in total. The minimum absolute atomic E-state index is 0.737. The van der Waals surface area contributed by atoms with Gasteiger partial charge in [0.05, 0.1) is 8.80 Å². The van der Waals surface area contributed by atoms with Crippen LogP contribution >= 0.6 is 15.9 Å². The molecule has 2 aromatic carbocycles. The molecule has 2 heteroatoms. The van der Waals surface area contributed by atoms with Crippen molar-refractivity contribution < 1.29 is 0 Å². The molecule has 0 aliphatic carbocycles. The molecule has 0 N–H and O–H groups in total. The highest BCUT2D eigenvalue weighted by Gasteiger charge is 2.07. The van der Waals surface area contributed by atoms with Crippen LogP contribution in [-0.4, -0.2) is 8.80 Å². The fourth-order valence-corrected chi connectivity index (χ4v) is 4.02. The van der Waals surface area contributed by atoms with Gasteiger partial charge in [-0.25, -0.2) is 0 Å². The first-order chi connectivity index (χ1) is 6.70. The first kappa shape index (κ1) is 9.93. The Balaban J connectivity index is 2.84. The Morgan fingerprint density at radius 3 is 2.29 bits per heavy atom. The molecule has 2 aromatic rings. The molecule has 0 saturated carbocycles. The molecule has 14 heavy (non-hydrogen) atoms. The molecular weight excluding hydrogens is 252 g/mol. The normalized spacial score (nSPS) is 11.1. The molecule has 0 spiro atoms. The summed E-state index contributed by atoms with van der Waals surface area (Å²) in [6, 6.07) is 13.0. The molecule has 0 amide bonds. The third-order valence-electron chi connectivity index (χ3n) is 2.51. The van der Waals surface area contributed by atoms with Crippen molar-refractivity contribution in [3.05, 3.63) is 40.9 Å². The smallest absolute Gasteiger partial charge is 0.0656 e. The lowest BCUT2D eigenvalue weighted by molar-refractivity contribution is 1.72. The van der Waals surface area contributed by atoms with Gasteiger partial charge < -0.3 is 0 Å². The van der Waals surface area contributed by atoms with Crippen LogP contribution in [0, 0.1) is 0 Å². The summed E-state index contributed by atoms with van der Waals surface area (Å²) in [6.45, 7) is 4.74. The number of benzene rings is 2. The lowest BCUT2D eigenvalue weighted by atomic mass is 10.1. The number of rotatable bonds is 1. The Morgan fingerprint density at radius 1 is 1.00 bits per heavy atom. The predicted molar refractivity (Wildman–Crippen MR) is 70.2 cm³/mol. The van der Waals surface area contributed by atoms with Gasteiger partial charge in [-0.05, 0) is 16.8 Å². The lowest BCUT2D eigenvalue weighted by Gasteiger charge is -2.10. The first-order valence-corrected chi connectivity index (χ1v) is 8.55. The second-order valence-electron chi connectivity index (χ2n) is 3.84. The Labute approximate surface area is 94.7 Å². The van der Waals surface area contributed by atoms with E-state index >= 15 is 0 Å². The Bertz CT molecular complexity index is 458. The van der Waals surface area contributed by atoms with Gasteiger partial charge >= 0.3 is 0 Å². The fraction of sp³-hybridized carbons (Fsp3) is 0.167. The van der Waals surface area contributed by atoms with Crippen LogP contribution in [-0.2, 0) is 0 Å². The molecule has 0 aliphatic heterocycles. The summed E-state index contributed by atoms with van der Waals surface area (Å²) >= 11 is 3.64. The van der Waals surface area contributed by atoms with E-state index in [9.17, 15) is 0 Å². The molecule has 2 rings (SSSR count). The van der Waals surface area contributed by atoms with Gasteiger partial charge in [-0.1, -0.05) is 64.5 Å². The van der Waals surface area contributed by atoms with Crippen LogP contribution in [0.1, 0.15) is 0 Å². The van der Waals surface area contributed by atoms with Crippen LogP contribution in [0.15, 0.2) is 40.9 Å². The number of hydrogen-bond acceptors (Lipinski definition) is 0. The van der Waals surface area contributed by atoms with Crippen molar-refractivity contribution in [1.82, 2.24) is 0 Å². The molecule has 0 saturated heterocycles. The summed E-state index contributed by atoms with van der Waals surface area (Å²) in [4.78, 5) is 0. The van der Waals surface area contributed by atoms with Crippen molar-refractivity contribution >= 4 is 40.7 Å². The highest BCUT2D eigenvalue weighted by Crippen LogP contribution is 2.22. The highest BCUT2D eigenvalue weighted by atomic mass is 79.9. The summed E-state index contributed by atoms with van der Waals surface area (Å²) in [5, 5.41) is 4.31. The largest absolute Gasteiger partial charge is 0.0682 e. The van der Waals surface area contributed by atoms with Crippen LogP contribution in [0.2, 0.25) is 13.1 Å². The van der Waals surface area contributed by atoms with Crippen LogP contribution < -0.4 is 5.19 Å². The third kappa shape index (κ3) is 1.64. The van der Waals surface area contributed by atoms with E-state index in [0.717, 1.165) is 0 Å². The van der Waals surface area contributed by atoms with Gasteiger partial charge in [0, 0.05) is 4.47 Å². The van der Waals surface area contributed by atoms with Gasteiger partial charge in [0.2, 0.25) is 0 Å². The van der Waals surface area contributed by atoms with Crippen molar-refractivity contribution in [3.63, 3.8) is 0 Å². The maximum atomic E-state index is 3.64. The van der Waals surface area contributed by atoms with Crippen LogP contribution in [0.3, 0.4) is 0 Å². The zero-order valence-electron chi connectivity index (χ0n) is 8.42. The standard InChI is InChI=1S/C12H13BrSi/c1-14(2)11-8-4-6-9-5-3-7-10(13)12(9)11/h3-8,14H,1-2H3. The van der Waals surface area contributed by atoms with Gasteiger partial charge in [-0.2, -0.15) is 0 Å². The van der Waals surface area contributed by atoms with E-state index in [1.165, 1.54) is 15.2 Å². The van der Waals surface area contributed by atoms with Crippen molar-refractivity contribution in [1.29, 1.82) is 0 Å². The van der Waals surface area contributed by atoms with E-state index in [0.29, 0.717) is 0 Å². The van der Waals surface area contributed by atoms with E-state index in [1.807, 2.05) is 0 Å². The number of fused-ring (bicyclic) bond motifs is 1. The Morgan fingerprint density at radius 2 is 1.64 bits per heavy atom. The van der Waals surface area contributed by atoms with Crippen LogP contribution in [0.5, 0.6) is 0 Å². The minimum atomic E-state index is -0.737. The molecular formula is C12H13BrSi. The van der Waals surface area contributed by atoms with Crippen LogP contribution in [0.25, 0.3) is 10.8 Å². The van der Waals surface area contributed by atoms with Crippen molar-refractivity contribution in [3.8, 4) is 0 Å². The molecule has 0 radical (unpaired) electrons. The lowest BCUT2D eigenvalue weighted by Crippen LogP contribution is -2.23. The van der Waals surface area contributed by atoms with Gasteiger partial charge in [0.15, 0.2) is 0 Å². The van der Waals surface area contributed by atoms with Gasteiger partial charge in [-0.15, -0.1) is 0 Å². The molecule has 0 heterocycles. The summed E-state index contributed by atoms with van der Waals surface area (Å²) in [5.41, 5.74) is 0. The molecule has 0 fully saturated rings. The molecule has 0 bridgehead atoms. The SMILES string of the molecule is C[SiH](C)c1cccc2cccc(Br)c12. The van der Waals surface area contributed by atoms with Crippen molar-refractivity contribution in [2.24, 2.45) is 0 Å². The molecule has 0 atom stereocenters. The summed E-state index contributed by atoms with van der Waals surface area (Å²) < 4.78 is 1.23. The fourth-order valence-electron chi connectivity index (χ4n) is 1.80. The average Bonchev–Trinajstić information content (AvgIpc) is 2.17. The van der Waals surface area contributed by atoms with Crippen molar-refractivity contribution in [2.45, 2.75) is 13.1 Å². The van der Waals surface area contributed by atoms with E-state index in [1.54, 1.807) is 5.19 Å². The van der Waals surface area contributed by atoms with Crippen LogP contribution in [0.4, 0.5) is 0 Å². The Kier molecular flexibility index (Phi) is 2.75. The number of hydrogen-bond donors (Lipinski definition) is 0. The first-order valence-electron chi connectivity index (χ1n) is 4.87. The molecule has 0 unspecified atom stereocenters. The maximum Gasteiger partial charge on any atom is 0.0656 e. The van der Waals surface area contributed by atoms with Gasteiger partial charge in [0.1, 0.15) is 0 Å². The predicted octanol–water partition coefficient (Wildman–Crippen LogP) is 3.30. The quantitative estimate of drug-likeness (QED) is 0.694. The monoisotopic (exact) mass is 264 g/mol. The second-order valence-corrected chi connectivity index (χ2v) is 7.63. The summed E-state index contributed by atoms with van der Waals surface area (Å²) in [5.74, 6) is 0. The third-order valence-corrected chi connectivity index (χ3v) is 4.89. The average molecular weight is 265 g/mol. The molecule has 0 aromatic heterocycles. The zero-order valence-corrected chi connectivity index (χ0v) is 11.2. The summed E-state index contributed by atoms with van der Waals surface area (Å²) in [6.07, 6.45) is 0. The van der Waals surface area contributed by atoms with E-state index in [-0.39, 0.29) is 0 Å². The van der Waals surface area contributed by atoms with E-state index in [2.05, 4.69) is 65.4 Å². The van der Waals surface area contributed by atoms with Crippen molar-refractivity contribution in [2.75, 3.05) is 0 Å². The zero-order chi connectivity index (χ0) is 10.1. The highest BCUT2D eigenvalue weighted by molar-refractivity contribution is 9.10. The van der Waals surface area contributed by atoms with E-state index < -0.39 is 8.80 Å². The minimum Gasteiger partial charge on any atom is -0.0682 e. The van der Waals surface area contributed by atoms with Gasteiger partial charge in [0.25, 0.3) is 0 Å². The molecule has 72 valence electrons. The second kappa shape index (κ2) is 3.87. The number of halogens is 1. The van der Waals surface area contributed by atoms with E-state index in [4.69, 9.17) is 0 Å². The Hall–Kier alpha value is -0.603. The summed E-state index contributed by atoms with van der Waals surface area (Å²) in [7, 11) is -0.737.